The predicted molar refractivity (Wildman–Crippen MR) is 64.2 cm³/mol. The summed E-state index contributed by atoms with van der Waals surface area (Å²) in [5, 5.41) is 4.22. The molecule has 0 atom stereocenters. The van der Waals surface area contributed by atoms with Crippen LogP contribution in [0, 0.1) is 5.82 Å². The van der Waals surface area contributed by atoms with Crippen LogP contribution in [0.1, 0.15) is 0 Å². The normalized spacial score (nSPS) is 11.1. The molecule has 16 heavy (non-hydrogen) atoms. The van der Waals surface area contributed by atoms with Gasteiger partial charge in [-0.15, -0.1) is 0 Å². The van der Waals surface area contributed by atoms with Gasteiger partial charge in [-0.05, 0) is 34.4 Å². The van der Waals surface area contributed by atoms with E-state index in [0.717, 1.165) is 21.5 Å². The topological polar surface area (TPSA) is 12.9 Å². The lowest BCUT2D eigenvalue weighted by atomic mass is 10.0. The molecular weight excluding hydrogens is 225 g/mol. The maximum Gasteiger partial charge on any atom is 0.136 e. The van der Waals surface area contributed by atoms with E-state index in [2.05, 4.69) is 4.98 Å². The summed E-state index contributed by atoms with van der Waals surface area (Å²) in [4.78, 5) is 4.02. The van der Waals surface area contributed by atoms with Crippen LogP contribution in [0.5, 0.6) is 0 Å². The van der Waals surface area contributed by atoms with Gasteiger partial charge in [0.2, 0.25) is 0 Å². The molecule has 0 N–H and O–H groups in total. The van der Waals surface area contributed by atoms with Gasteiger partial charge in [-0.3, -0.25) is 0 Å². The Hall–Kier alpha value is -1.67. The zero-order chi connectivity index (χ0) is 11.1. The highest BCUT2D eigenvalue weighted by Crippen LogP contribution is 2.28. The Morgan fingerprint density at radius 3 is 2.62 bits per heavy atom. The lowest BCUT2D eigenvalue weighted by Crippen LogP contribution is -1.82. The predicted octanol–water partition coefficient (Wildman–Crippen LogP) is 4.18. The highest BCUT2D eigenvalue weighted by atomic mass is 35.5. The molecule has 78 valence electrons. The van der Waals surface area contributed by atoms with Crippen molar-refractivity contribution in [1.82, 2.24) is 4.98 Å². The second-order valence-corrected chi connectivity index (χ2v) is 3.99. The molecule has 1 nitrogen and oxygen atoms in total. The molecule has 0 radical (unpaired) electrons. The summed E-state index contributed by atoms with van der Waals surface area (Å²) in [5.41, 5.74) is 0. The lowest BCUT2D eigenvalue weighted by molar-refractivity contribution is 0.630. The number of halogens is 2. The van der Waals surface area contributed by atoms with Crippen molar-refractivity contribution in [2.75, 3.05) is 0 Å². The van der Waals surface area contributed by atoms with Gasteiger partial charge in [0.25, 0.3) is 0 Å². The van der Waals surface area contributed by atoms with Crippen LogP contribution in [0.25, 0.3) is 21.5 Å². The third-order valence-electron chi connectivity index (χ3n) is 2.67. The Kier molecular flexibility index (Phi) is 2.04. The van der Waals surface area contributed by atoms with Gasteiger partial charge in [0.05, 0.1) is 0 Å². The number of nitrogens with zero attached hydrogens (tertiary/aromatic N) is 1. The maximum atomic E-state index is 13.1. The first-order chi connectivity index (χ1) is 7.75. The number of hydrogen-bond acceptors (Lipinski definition) is 1. The van der Waals surface area contributed by atoms with E-state index in [4.69, 9.17) is 11.6 Å². The van der Waals surface area contributed by atoms with Crippen molar-refractivity contribution in [3.63, 3.8) is 0 Å². The Balaban J connectivity index is 2.55. The summed E-state index contributed by atoms with van der Waals surface area (Å²) in [6.45, 7) is 0. The minimum absolute atomic E-state index is 0.230. The molecule has 0 unspecified atom stereocenters. The van der Waals surface area contributed by atoms with E-state index in [1.54, 1.807) is 12.3 Å². The van der Waals surface area contributed by atoms with Crippen LogP contribution in [0.15, 0.2) is 42.6 Å². The van der Waals surface area contributed by atoms with E-state index in [-0.39, 0.29) is 5.82 Å². The molecule has 0 amide bonds. The largest absolute Gasteiger partial charge is 0.244 e. The molecule has 3 heteroatoms. The fraction of sp³-hybridized carbons (Fsp3) is 0. The van der Waals surface area contributed by atoms with Gasteiger partial charge in [0.15, 0.2) is 0 Å². The van der Waals surface area contributed by atoms with Crippen LogP contribution in [0.2, 0.25) is 5.15 Å². The zero-order valence-electron chi connectivity index (χ0n) is 8.24. The Labute approximate surface area is 96.5 Å². The quantitative estimate of drug-likeness (QED) is 0.418. The molecule has 0 fully saturated rings. The fourth-order valence-corrected chi connectivity index (χ4v) is 2.15. The number of aromatic nitrogens is 1. The van der Waals surface area contributed by atoms with Gasteiger partial charge in [0, 0.05) is 11.6 Å². The molecule has 0 spiro atoms. The molecular formula is C13H7ClFN. The standard InChI is InChI=1S/C13H7ClFN/c14-13-12-3-1-8-7-9(15)2-4-10(8)11(12)5-6-16-13/h1-7H. The van der Waals surface area contributed by atoms with Gasteiger partial charge >= 0.3 is 0 Å². The SMILES string of the molecule is Fc1ccc2c(ccc3c(Cl)nccc32)c1. The summed E-state index contributed by atoms with van der Waals surface area (Å²) < 4.78 is 13.1. The molecule has 0 aliphatic carbocycles. The van der Waals surface area contributed by atoms with Crippen molar-refractivity contribution in [3.8, 4) is 0 Å². The molecule has 0 aliphatic heterocycles. The molecule has 3 rings (SSSR count). The number of rotatable bonds is 0. The van der Waals surface area contributed by atoms with Crippen LogP contribution in [-0.4, -0.2) is 4.98 Å². The van der Waals surface area contributed by atoms with Gasteiger partial charge in [-0.1, -0.05) is 29.8 Å². The summed E-state index contributed by atoms with van der Waals surface area (Å²) in [5.74, 6) is -0.230. The molecule has 2 aromatic carbocycles. The van der Waals surface area contributed by atoms with Crippen LogP contribution in [-0.2, 0) is 0 Å². The number of fused-ring (bicyclic) bond motifs is 3. The minimum atomic E-state index is -0.230. The molecule has 0 bridgehead atoms. The van der Waals surface area contributed by atoms with E-state index in [1.807, 2.05) is 18.2 Å². The van der Waals surface area contributed by atoms with Crippen molar-refractivity contribution in [2.24, 2.45) is 0 Å². The van der Waals surface area contributed by atoms with Crippen molar-refractivity contribution >= 4 is 33.1 Å². The summed E-state index contributed by atoms with van der Waals surface area (Å²) in [6, 6.07) is 10.4. The molecule has 0 aliphatic rings. The summed E-state index contributed by atoms with van der Waals surface area (Å²) in [6.07, 6.45) is 1.66. The average molecular weight is 232 g/mol. The van der Waals surface area contributed by atoms with Crippen molar-refractivity contribution in [1.29, 1.82) is 0 Å². The van der Waals surface area contributed by atoms with E-state index in [9.17, 15) is 4.39 Å². The molecule has 1 heterocycles. The van der Waals surface area contributed by atoms with Crippen LogP contribution < -0.4 is 0 Å². The van der Waals surface area contributed by atoms with Crippen molar-refractivity contribution in [3.05, 3.63) is 53.6 Å². The van der Waals surface area contributed by atoms with Crippen molar-refractivity contribution < 1.29 is 4.39 Å². The van der Waals surface area contributed by atoms with Gasteiger partial charge < -0.3 is 0 Å². The first kappa shape index (κ1) is 9.55. The highest BCUT2D eigenvalue weighted by Gasteiger charge is 2.04. The van der Waals surface area contributed by atoms with Crippen LogP contribution >= 0.6 is 11.6 Å². The monoisotopic (exact) mass is 231 g/mol. The number of benzene rings is 2. The zero-order valence-corrected chi connectivity index (χ0v) is 9.00. The van der Waals surface area contributed by atoms with Gasteiger partial charge in [0.1, 0.15) is 11.0 Å². The number of pyridine rings is 1. The highest BCUT2D eigenvalue weighted by molar-refractivity contribution is 6.35. The Morgan fingerprint density at radius 1 is 0.938 bits per heavy atom. The van der Waals surface area contributed by atoms with Gasteiger partial charge in [-0.2, -0.15) is 0 Å². The van der Waals surface area contributed by atoms with E-state index >= 15 is 0 Å². The first-order valence-electron chi connectivity index (χ1n) is 4.88. The minimum Gasteiger partial charge on any atom is -0.244 e. The fourth-order valence-electron chi connectivity index (χ4n) is 1.93. The maximum absolute atomic E-state index is 13.1. The molecule has 0 saturated heterocycles. The van der Waals surface area contributed by atoms with Crippen molar-refractivity contribution in [2.45, 2.75) is 0 Å². The van der Waals surface area contributed by atoms with E-state index in [1.165, 1.54) is 12.1 Å². The van der Waals surface area contributed by atoms with Crippen LogP contribution in [0.4, 0.5) is 4.39 Å². The second kappa shape index (κ2) is 3.42. The smallest absolute Gasteiger partial charge is 0.136 e. The van der Waals surface area contributed by atoms with E-state index in [0.29, 0.717) is 5.15 Å². The van der Waals surface area contributed by atoms with Gasteiger partial charge in [-0.25, -0.2) is 9.37 Å². The summed E-state index contributed by atoms with van der Waals surface area (Å²) in [7, 11) is 0. The Bertz CT molecular complexity index is 694. The molecule has 3 aromatic rings. The number of hydrogen-bond donors (Lipinski definition) is 0. The third-order valence-corrected chi connectivity index (χ3v) is 2.98. The van der Waals surface area contributed by atoms with E-state index < -0.39 is 0 Å². The Morgan fingerprint density at radius 2 is 1.75 bits per heavy atom. The van der Waals surface area contributed by atoms with Crippen LogP contribution in [0.3, 0.4) is 0 Å². The second-order valence-electron chi connectivity index (χ2n) is 3.63. The first-order valence-corrected chi connectivity index (χ1v) is 5.26. The summed E-state index contributed by atoms with van der Waals surface area (Å²) >= 11 is 6.00. The third kappa shape index (κ3) is 1.34. The lowest BCUT2D eigenvalue weighted by Gasteiger charge is -2.04. The average Bonchev–Trinajstić information content (AvgIpc) is 2.28. The molecule has 1 aromatic heterocycles. The molecule has 0 saturated carbocycles.